The molecule has 4 amide bonds. The fourth-order valence-corrected chi connectivity index (χ4v) is 4.19. The Labute approximate surface area is 158 Å². The number of nitrogens with zero attached hydrogens (tertiary/aromatic N) is 2. The molecule has 0 saturated carbocycles. The van der Waals surface area contributed by atoms with E-state index in [1.165, 1.54) is 4.90 Å². The molecule has 3 saturated heterocycles. The van der Waals surface area contributed by atoms with Gasteiger partial charge in [-0.2, -0.15) is 0 Å². The first-order valence-corrected chi connectivity index (χ1v) is 9.67. The highest BCUT2D eigenvalue weighted by atomic mass is 16.5. The van der Waals surface area contributed by atoms with E-state index in [2.05, 4.69) is 5.32 Å². The van der Waals surface area contributed by atoms with E-state index < -0.39 is 5.54 Å². The average molecular weight is 371 g/mol. The summed E-state index contributed by atoms with van der Waals surface area (Å²) in [5, 5.41) is 2.90. The number of ether oxygens (including phenoxy) is 1. The molecule has 1 aromatic carbocycles. The van der Waals surface area contributed by atoms with Crippen molar-refractivity contribution in [1.29, 1.82) is 0 Å². The maximum Gasteiger partial charge on any atom is 0.325 e. The van der Waals surface area contributed by atoms with Crippen LogP contribution in [0.4, 0.5) is 4.79 Å². The van der Waals surface area contributed by atoms with Crippen LogP contribution < -0.4 is 5.32 Å². The van der Waals surface area contributed by atoms with Crippen LogP contribution in [0.2, 0.25) is 0 Å². The molecule has 1 N–H and O–H groups in total. The minimum Gasteiger partial charge on any atom is -0.368 e. The number of amides is 4. The molecule has 0 bridgehead atoms. The van der Waals surface area contributed by atoms with Crippen molar-refractivity contribution in [3.63, 3.8) is 0 Å². The van der Waals surface area contributed by atoms with Gasteiger partial charge < -0.3 is 15.0 Å². The van der Waals surface area contributed by atoms with Crippen LogP contribution >= 0.6 is 0 Å². The van der Waals surface area contributed by atoms with Gasteiger partial charge in [0.05, 0.1) is 0 Å². The summed E-state index contributed by atoms with van der Waals surface area (Å²) >= 11 is 0. The number of carbonyl (C=O) groups is 3. The number of imide groups is 1. The van der Waals surface area contributed by atoms with Gasteiger partial charge in [-0.3, -0.25) is 14.5 Å². The lowest BCUT2D eigenvalue weighted by molar-refractivity contribution is -0.145. The van der Waals surface area contributed by atoms with Crippen LogP contribution in [0, 0.1) is 0 Å². The molecule has 7 nitrogen and oxygen atoms in total. The number of hydrogen-bond acceptors (Lipinski definition) is 4. The van der Waals surface area contributed by atoms with E-state index in [1.807, 2.05) is 30.3 Å². The van der Waals surface area contributed by atoms with E-state index in [0.717, 1.165) is 18.4 Å². The van der Waals surface area contributed by atoms with E-state index in [0.29, 0.717) is 45.5 Å². The standard InChI is InChI=1S/C20H25N3O4/c24-17(16-7-4-14-27-16)22-12-9-20(10-13-22)18(25)23(19(26)21-20)11-8-15-5-2-1-3-6-15/h1-3,5-6,16H,4,7-14H2,(H,21,26). The molecule has 1 aromatic rings. The topological polar surface area (TPSA) is 79.0 Å². The summed E-state index contributed by atoms with van der Waals surface area (Å²) in [5.41, 5.74) is 0.234. The number of carbonyl (C=O) groups excluding carboxylic acids is 3. The second kappa shape index (κ2) is 7.31. The highest BCUT2D eigenvalue weighted by Gasteiger charge is 2.52. The molecule has 1 unspecified atom stereocenters. The zero-order chi connectivity index (χ0) is 18.9. The van der Waals surface area contributed by atoms with Crippen molar-refractivity contribution >= 4 is 17.8 Å². The first kappa shape index (κ1) is 18.0. The van der Waals surface area contributed by atoms with Gasteiger partial charge in [0, 0.05) is 26.2 Å². The van der Waals surface area contributed by atoms with Gasteiger partial charge in [-0.1, -0.05) is 30.3 Å². The van der Waals surface area contributed by atoms with Crippen molar-refractivity contribution in [1.82, 2.24) is 15.1 Å². The molecule has 3 fully saturated rings. The van der Waals surface area contributed by atoms with Crippen LogP contribution in [-0.2, 0) is 20.7 Å². The maximum atomic E-state index is 13.0. The number of piperidine rings is 1. The van der Waals surface area contributed by atoms with Gasteiger partial charge in [-0.05, 0) is 37.7 Å². The smallest absolute Gasteiger partial charge is 0.325 e. The van der Waals surface area contributed by atoms with E-state index in [-0.39, 0.29) is 23.9 Å². The number of nitrogens with one attached hydrogen (secondary N) is 1. The van der Waals surface area contributed by atoms with E-state index >= 15 is 0 Å². The van der Waals surface area contributed by atoms with Crippen molar-refractivity contribution in [3.8, 4) is 0 Å². The lowest BCUT2D eigenvalue weighted by atomic mass is 9.87. The largest absolute Gasteiger partial charge is 0.368 e. The second-order valence-corrected chi connectivity index (χ2v) is 7.53. The van der Waals surface area contributed by atoms with Crippen molar-refractivity contribution in [2.24, 2.45) is 0 Å². The van der Waals surface area contributed by atoms with Gasteiger partial charge in [0.15, 0.2) is 0 Å². The molecule has 144 valence electrons. The van der Waals surface area contributed by atoms with Gasteiger partial charge in [-0.15, -0.1) is 0 Å². The molecule has 4 rings (SSSR count). The predicted molar refractivity (Wildman–Crippen MR) is 97.9 cm³/mol. The summed E-state index contributed by atoms with van der Waals surface area (Å²) in [4.78, 5) is 40.9. The van der Waals surface area contributed by atoms with Crippen LogP contribution in [0.5, 0.6) is 0 Å². The summed E-state index contributed by atoms with van der Waals surface area (Å²) in [6, 6.07) is 9.49. The summed E-state index contributed by atoms with van der Waals surface area (Å²) in [5.74, 6) is -0.146. The predicted octanol–water partition coefficient (Wildman–Crippen LogP) is 1.32. The summed E-state index contributed by atoms with van der Waals surface area (Å²) in [6.07, 6.45) is 2.90. The first-order chi connectivity index (χ1) is 13.1. The Balaban J connectivity index is 1.36. The Morgan fingerprint density at radius 3 is 2.59 bits per heavy atom. The molecule has 0 aromatic heterocycles. The zero-order valence-corrected chi connectivity index (χ0v) is 15.4. The molecule has 3 aliphatic rings. The van der Waals surface area contributed by atoms with E-state index in [9.17, 15) is 14.4 Å². The Morgan fingerprint density at radius 2 is 1.93 bits per heavy atom. The lowest BCUT2D eigenvalue weighted by Gasteiger charge is -2.38. The number of rotatable bonds is 4. The van der Waals surface area contributed by atoms with Crippen LogP contribution in [-0.4, -0.2) is 65.5 Å². The van der Waals surface area contributed by atoms with Crippen LogP contribution in [0.1, 0.15) is 31.2 Å². The number of hydrogen-bond donors (Lipinski definition) is 1. The summed E-state index contributed by atoms with van der Waals surface area (Å²) in [6.45, 7) is 1.95. The third-order valence-electron chi connectivity index (χ3n) is 5.85. The SMILES string of the molecule is O=C(C1CCCO1)N1CCC2(CC1)NC(=O)N(CCc1ccccc1)C2=O. The molecule has 7 heteroatoms. The van der Waals surface area contributed by atoms with Crippen molar-refractivity contribution < 1.29 is 19.1 Å². The molecule has 3 aliphatic heterocycles. The monoisotopic (exact) mass is 371 g/mol. The fraction of sp³-hybridized carbons (Fsp3) is 0.550. The highest BCUT2D eigenvalue weighted by molar-refractivity contribution is 6.07. The third kappa shape index (κ3) is 3.43. The molecule has 3 heterocycles. The molecule has 1 spiro atoms. The fourth-order valence-electron chi connectivity index (χ4n) is 4.19. The minimum atomic E-state index is -0.860. The maximum absolute atomic E-state index is 13.0. The van der Waals surface area contributed by atoms with Crippen molar-refractivity contribution in [2.45, 2.75) is 43.7 Å². The number of benzene rings is 1. The Hall–Kier alpha value is -2.41. The normalized spacial score (nSPS) is 24.5. The molecular weight excluding hydrogens is 346 g/mol. The number of likely N-dealkylation sites (tertiary alicyclic amines) is 1. The van der Waals surface area contributed by atoms with Crippen LogP contribution in [0.25, 0.3) is 0 Å². The Kier molecular flexibility index (Phi) is 4.86. The average Bonchev–Trinajstić information content (AvgIpc) is 3.30. The van der Waals surface area contributed by atoms with Crippen LogP contribution in [0.3, 0.4) is 0 Å². The molecule has 0 radical (unpaired) electrons. The van der Waals surface area contributed by atoms with Crippen molar-refractivity contribution in [3.05, 3.63) is 35.9 Å². The lowest BCUT2D eigenvalue weighted by Crippen LogP contribution is -2.57. The summed E-state index contributed by atoms with van der Waals surface area (Å²) < 4.78 is 5.48. The molecule has 27 heavy (non-hydrogen) atoms. The highest BCUT2D eigenvalue weighted by Crippen LogP contribution is 2.30. The first-order valence-electron chi connectivity index (χ1n) is 9.67. The van der Waals surface area contributed by atoms with Gasteiger partial charge in [-0.25, -0.2) is 4.79 Å². The van der Waals surface area contributed by atoms with Crippen LogP contribution in [0.15, 0.2) is 30.3 Å². The quantitative estimate of drug-likeness (QED) is 0.810. The van der Waals surface area contributed by atoms with Gasteiger partial charge in [0.2, 0.25) is 0 Å². The Morgan fingerprint density at radius 1 is 1.19 bits per heavy atom. The Bertz CT molecular complexity index is 722. The minimum absolute atomic E-state index is 0.0139. The van der Waals surface area contributed by atoms with E-state index in [1.54, 1.807) is 4.90 Å². The molecule has 1 atom stereocenters. The third-order valence-corrected chi connectivity index (χ3v) is 5.85. The second-order valence-electron chi connectivity index (χ2n) is 7.53. The zero-order valence-electron chi connectivity index (χ0n) is 15.4. The van der Waals surface area contributed by atoms with Gasteiger partial charge in [0.1, 0.15) is 11.6 Å². The number of urea groups is 1. The molecular formula is C20H25N3O4. The van der Waals surface area contributed by atoms with Crippen molar-refractivity contribution in [2.75, 3.05) is 26.2 Å². The van der Waals surface area contributed by atoms with Gasteiger partial charge >= 0.3 is 6.03 Å². The summed E-state index contributed by atoms with van der Waals surface area (Å²) in [7, 11) is 0. The van der Waals surface area contributed by atoms with Gasteiger partial charge in [0.25, 0.3) is 11.8 Å². The van der Waals surface area contributed by atoms with E-state index in [4.69, 9.17) is 4.74 Å². The molecule has 0 aliphatic carbocycles.